The third-order valence-corrected chi connectivity index (χ3v) is 2.50. The Hall–Kier alpha value is -2.50. The van der Waals surface area contributed by atoms with Gasteiger partial charge in [-0.15, -0.1) is 0 Å². The predicted octanol–water partition coefficient (Wildman–Crippen LogP) is 3.15. The second kappa shape index (κ2) is 6.10. The number of hydrogen-bond acceptors (Lipinski definition) is 2. The summed E-state index contributed by atoms with van der Waals surface area (Å²) in [7, 11) is 0. The number of nitrogens with one attached hydrogen (secondary N) is 2. The smallest absolute Gasteiger partial charge is 0.243 e. The molecule has 0 aliphatic carbocycles. The van der Waals surface area contributed by atoms with Crippen molar-refractivity contribution in [3.63, 3.8) is 0 Å². The summed E-state index contributed by atoms with van der Waals surface area (Å²) in [5, 5.41) is 4.97. The molecule has 2 aromatic rings. The van der Waals surface area contributed by atoms with E-state index in [1.165, 1.54) is 24.3 Å². The van der Waals surface area contributed by atoms with Crippen molar-refractivity contribution in [2.45, 2.75) is 0 Å². The lowest BCUT2D eigenvalue weighted by atomic mass is 10.3. The Kier molecular flexibility index (Phi) is 4.24. The van der Waals surface area contributed by atoms with E-state index >= 15 is 0 Å². The molecule has 2 rings (SSSR count). The molecule has 0 atom stereocenters. The van der Waals surface area contributed by atoms with Gasteiger partial charge in [0.2, 0.25) is 5.91 Å². The predicted molar refractivity (Wildman–Crippen MR) is 69.9 cm³/mol. The molecule has 0 heterocycles. The van der Waals surface area contributed by atoms with Crippen LogP contribution in [-0.2, 0) is 4.79 Å². The highest BCUT2D eigenvalue weighted by Gasteiger charge is 2.06. The summed E-state index contributed by atoms with van der Waals surface area (Å²) in [5.74, 6) is -2.13. The zero-order chi connectivity index (χ0) is 14.5. The fourth-order valence-electron chi connectivity index (χ4n) is 1.55. The minimum Gasteiger partial charge on any atom is -0.374 e. The Labute approximate surface area is 113 Å². The van der Waals surface area contributed by atoms with Crippen molar-refractivity contribution in [1.82, 2.24) is 0 Å². The van der Waals surface area contributed by atoms with E-state index in [2.05, 4.69) is 10.6 Å². The zero-order valence-electron chi connectivity index (χ0n) is 10.3. The molecule has 104 valence electrons. The van der Waals surface area contributed by atoms with Gasteiger partial charge in [-0.05, 0) is 42.5 Å². The van der Waals surface area contributed by atoms with Crippen LogP contribution in [0, 0.1) is 17.5 Å². The average molecular weight is 280 g/mol. The largest absolute Gasteiger partial charge is 0.374 e. The average Bonchev–Trinajstić information content (AvgIpc) is 2.42. The molecule has 1 amide bonds. The number of hydrogen-bond donors (Lipinski definition) is 2. The minimum absolute atomic E-state index is 0.0979. The standard InChI is InChI=1S/C14H11F3N2O/c15-9-1-4-11(5-2-9)19-14(20)8-18-13-7-10(16)3-6-12(13)17/h1-7,18H,8H2,(H,19,20). The third kappa shape index (κ3) is 3.74. The van der Waals surface area contributed by atoms with Gasteiger partial charge in [0.1, 0.15) is 17.5 Å². The summed E-state index contributed by atoms with van der Waals surface area (Å²) in [4.78, 5) is 11.6. The maximum atomic E-state index is 13.3. The molecule has 0 aliphatic rings. The van der Waals surface area contributed by atoms with Gasteiger partial charge in [-0.2, -0.15) is 0 Å². The molecule has 6 heteroatoms. The highest BCUT2D eigenvalue weighted by molar-refractivity contribution is 5.93. The Morgan fingerprint density at radius 1 is 0.950 bits per heavy atom. The first kappa shape index (κ1) is 13.9. The topological polar surface area (TPSA) is 41.1 Å². The normalized spacial score (nSPS) is 10.2. The zero-order valence-corrected chi connectivity index (χ0v) is 10.3. The number of carbonyl (C=O) groups is 1. The number of carbonyl (C=O) groups excluding carboxylic acids is 1. The number of rotatable bonds is 4. The molecule has 0 bridgehead atoms. The van der Waals surface area contributed by atoms with Crippen LogP contribution in [0.15, 0.2) is 42.5 Å². The monoisotopic (exact) mass is 280 g/mol. The highest BCUT2D eigenvalue weighted by Crippen LogP contribution is 2.15. The number of halogens is 3. The first-order chi connectivity index (χ1) is 9.54. The van der Waals surface area contributed by atoms with Crippen LogP contribution in [0.5, 0.6) is 0 Å². The molecule has 3 nitrogen and oxygen atoms in total. The SMILES string of the molecule is O=C(CNc1cc(F)ccc1F)Nc1ccc(F)cc1. The first-order valence-electron chi connectivity index (χ1n) is 5.79. The second-order valence-electron chi connectivity index (χ2n) is 4.03. The van der Waals surface area contributed by atoms with Crippen LogP contribution >= 0.6 is 0 Å². The van der Waals surface area contributed by atoms with Crippen LogP contribution in [0.4, 0.5) is 24.5 Å². The molecule has 0 fully saturated rings. The van der Waals surface area contributed by atoms with E-state index in [1.54, 1.807) is 0 Å². The summed E-state index contributed by atoms with van der Waals surface area (Å²) in [6.07, 6.45) is 0. The molecule has 0 aromatic heterocycles. The van der Waals surface area contributed by atoms with E-state index in [0.29, 0.717) is 5.69 Å². The van der Waals surface area contributed by atoms with E-state index in [-0.39, 0.29) is 12.2 Å². The fourth-order valence-corrected chi connectivity index (χ4v) is 1.55. The summed E-state index contributed by atoms with van der Waals surface area (Å²) < 4.78 is 38.9. The van der Waals surface area contributed by atoms with Crippen LogP contribution < -0.4 is 10.6 Å². The van der Waals surface area contributed by atoms with Crippen LogP contribution in [0.25, 0.3) is 0 Å². The maximum absolute atomic E-state index is 13.3. The molecule has 2 aromatic carbocycles. The second-order valence-corrected chi connectivity index (χ2v) is 4.03. The van der Waals surface area contributed by atoms with Crippen molar-refractivity contribution in [1.29, 1.82) is 0 Å². The summed E-state index contributed by atoms with van der Waals surface area (Å²) in [6, 6.07) is 8.12. The quantitative estimate of drug-likeness (QED) is 0.903. The van der Waals surface area contributed by atoms with Crippen molar-refractivity contribution in [3.05, 3.63) is 59.9 Å². The molecule has 0 saturated heterocycles. The molecule has 2 N–H and O–H groups in total. The summed E-state index contributed by atoms with van der Waals surface area (Å²) in [5.41, 5.74) is 0.317. The molecule has 0 radical (unpaired) electrons. The summed E-state index contributed by atoms with van der Waals surface area (Å²) in [6.45, 7) is -0.238. The van der Waals surface area contributed by atoms with Crippen molar-refractivity contribution < 1.29 is 18.0 Å². The van der Waals surface area contributed by atoms with E-state index in [9.17, 15) is 18.0 Å². The van der Waals surface area contributed by atoms with E-state index in [1.807, 2.05) is 0 Å². The van der Waals surface area contributed by atoms with Gasteiger partial charge in [0.05, 0.1) is 12.2 Å². The van der Waals surface area contributed by atoms with Gasteiger partial charge in [0.15, 0.2) is 0 Å². The molecule has 0 unspecified atom stereocenters. The fraction of sp³-hybridized carbons (Fsp3) is 0.0714. The van der Waals surface area contributed by atoms with Gasteiger partial charge in [0.25, 0.3) is 0 Å². The Morgan fingerprint density at radius 2 is 1.60 bits per heavy atom. The molecule has 0 saturated carbocycles. The van der Waals surface area contributed by atoms with E-state index in [0.717, 1.165) is 18.2 Å². The lowest BCUT2D eigenvalue weighted by molar-refractivity contribution is -0.114. The van der Waals surface area contributed by atoms with Gasteiger partial charge >= 0.3 is 0 Å². The number of amides is 1. The molecule has 20 heavy (non-hydrogen) atoms. The van der Waals surface area contributed by atoms with Gasteiger partial charge < -0.3 is 10.6 Å². The lowest BCUT2D eigenvalue weighted by Gasteiger charge is -2.08. The first-order valence-corrected chi connectivity index (χ1v) is 5.79. The van der Waals surface area contributed by atoms with Crippen molar-refractivity contribution in [2.24, 2.45) is 0 Å². The van der Waals surface area contributed by atoms with Gasteiger partial charge in [-0.1, -0.05) is 0 Å². The van der Waals surface area contributed by atoms with Crippen LogP contribution in [0.3, 0.4) is 0 Å². The molecule has 0 aliphatic heterocycles. The third-order valence-electron chi connectivity index (χ3n) is 2.50. The minimum atomic E-state index is -0.652. The molecular formula is C14H11F3N2O. The Balaban J connectivity index is 1.92. The van der Waals surface area contributed by atoms with Gasteiger partial charge in [-0.25, -0.2) is 13.2 Å². The van der Waals surface area contributed by atoms with Crippen molar-refractivity contribution in [3.8, 4) is 0 Å². The lowest BCUT2D eigenvalue weighted by Crippen LogP contribution is -2.22. The van der Waals surface area contributed by atoms with Crippen LogP contribution in [0.1, 0.15) is 0 Å². The van der Waals surface area contributed by atoms with Gasteiger partial charge in [-0.3, -0.25) is 4.79 Å². The van der Waals surface area contributed by atoms with Crippen molar-refractivity contribution >= 4 is 17.3 Å². The Morgan fingerprint density at radius 3 is 2.30 bits per heavy atom. The van der Waals surface area contributed by atoms with E-state index < -0.39 is 23.4 Å². The van der Waals surface area contributed by atoms with Crippen LogP contribution in [-0.4, -0.2) is 12.5 Å². The molecular weight excluding hydrogens is 269 g/mol. The summed E-state index contributed by atoms with van der Waals surface area (Å²) >= 11 is 0. The van der Waals surface area contributed by atoms with E-state index in [4.69, 9.17) is 0 Å². The molecule has 0 spiro atoms. The van der Waals surface area contributed by atoms with Crippen LogP contribution in [0.2, 0.25) is 0 Å². The Bertz CT molecular complexity index is 614. The number of anilines is 2. The van der Waals surface area contributed by atoms with Crippen molar-refractivity contribution in [2.75, 3.05) is 17.2 Å². The van der Waals surface area contributed by atoms with Gasteiger partial charge in [0, 0.05) is 5.69 Å². The highest BCUT2D eigenvalue weighted by atomic mass is 19.1. The maximum Gasteiger partial charge on any atom is 0.243 e. The number of benzene rings is 2.